The Kier molecular flexibility index (Phi) is 3.02. The van der Waals surface area contributed by atoms with E-state index in [-0.39, 0.29) is 11.8 Å². The average molecular weight is 247 g/mol. The maximum Gasteiger partial charge on any atom is 0.142 e. The van der Waals surface area contributed by atoms with Crippen molar-refractivity contribution in [3.63, 3.8) is 0 Å². The number of ketones is 1. The van der Waals surface area contributed by atoms with Crippen LogP contribution in [0.25, 0.3) is 0 Å². The normalized spacial score (nSPS) is 35.6. The number of carbonyl (C=O) groups is 1. The second-order valence-corrected chi connectivity index (χ2v) is 5.76. The van der Waals surface area contributed by atoms with Crippen molar-refractivity contribution in [3.05, 3.63) is 23.4 Å². The molecule has 3 heteroatoms. The SMILES string of the molecule is CON1C=CC2=C3C(CC(C)C(=O)C3CCC2)C1. The maximum atomic E-state index is 12.4. The molecule has 2 aliphatic carbocycles. The van der Waals surface area contributed by atoms with E-state index in [0.717, 1.165) is 32.2 Å². The van der Waals surface area contributed by atoms with E-state index in [1.54, 1.807) is 7.11 Å². The molecule has 98 valence electrons. The first-order valence-corrected chi connectivity index (χ1v) is 6.96. The lowest BCUT2D eigenvalue weighted by Gasteiger charge is -2.39. The van der Waals surface area contributed by atoms with Gasteiger partial charge in [-0.2, -0.15) is 0 Å². The monoisotopic (exact) mass is 247 g/mol. The molecule has 0 aromatic carbocycles. The summed E-state index contributed by atoms with van der Waals surface area (Å²) in [5, 5.41) is 1.91. The minimum atomic E-state index is 0.198. The predicted octanol–water partition coefficient (Wildman–Crippen LogP) is 2.70. The number of allylic oxidation sites excluding steroid dienone is 2. The highest BCUT2D eigenvalue weighted by molar-refractivity contribution is 5.87. The number of hydroxylamine groups is 2. The molecule has 3 atom stereocenters. The number of nitrogens with zero attached hydrogens (tertiary/aromatic N) is 1. The van der Waals surface area contributed by atoms with Crippen LogP contribution in [-0.2, 0) is 9.63 Å². The molecule has 0 N–H and O–H groups in total. The van der Waals surface area contributed by atoms with Crippen LogP contribution < -0.4 is 0 Å². The molecule has 0 amide bonds. The van der Waals surface area contributed by atoms with Crippen LogP contribution in [0.1, 0.15) is 32.6 Å². The van der Waals surface area contributed by atoms with E-state index in [0.29, 0.717) is 11.7 Å². The van der Waals surface area contributed by atoms with Gasteiger partial charge in [0.25, 0.3) is 0 Å². The third-order valence-corrected chi connectivity index (χ3v) is 4.67. The van der Waals surface area contributed by atoms with Gasteiger partial charge < -0.3 is 0 Å². The van der Waals surface area contributed by atoms with Crippen LogP contribution in [0.5, 0.6) is 0 Å². The van der Waals surface area contributed by atoms with E-state index >= 15 is 0 Å². The van der Waals surface area contributed by atoms with Gasteiger partial charge in [0.1, 0.15) is 5.78 Å². The highest BCUT2D eigenvalue weighted by Gasteiger charge is 2.41. The third-order valence-electron chi connectivity index (χ3n) is 4.67. The van der Waals surface area contributed by atoms with E-state index in [1.807, 2.05) is 11.3 Å². The molecule has 0 radical (unpaired) electrons. The molecular formula is C15H21NO2. The lowest BCUT2D eigenvalue weighted by molar-refractivity contribution is -0.130. The van der Waals surface area contributed by atoms with Gasteiger partial charge in [-0.1, -0.05) is 12.5 Å². The van der Waals surface area contributed by atoms with Crippen LogP contribution in [-0.4, -0.2) is 24.5 Å². The van der Waals surface area contributed by atoms with E-state index in [9.17, 15) is 4.79 Å². The Morgan fingerprint density at radius 3 is 3.06 bits per heavy atom. The van der Waals surface area contributed by atoms with Crippen molar-refractivity contribution < 1.29 is 9.63 Å². The van der Waals surface area contributed by atoms with Crippen molar-refractivity contribution in [1.29, 1.82) is 0 Å². The van der Waals surface area contributed by atoms with E-state index in [1.165, 1.54) is 11.1 Å². The maximum absolute atomic E-state index is 12.4. The summed E-state index contributed by atoms with van der Waals surface area (Å²) in [5.74, 6) is 1.37. The summed E-state index contributed by atoms with van der Waals surface area (Å²) in [5.41, 5.74) is 2.83. The number of carbonyl (C=O) groups excluding carboxylic acids is 1. The standard InChI is InChI=1S/C15H21NO2/c1-10-8-12-9-16(18-2)7-6-11-4-3-5-13(14(11)12)15(10)17/h6-7,10,12-13H,3-5,8-9H2,1-2H3. The molecular weight excluding hydrogens is 226 g/mol. The zero-order valence-electron chi connectivity index (χ0n) is 11.2. The van der Waals surface area contributed by atoms with Crippen LogP contribution in [0, 0.1) is 17.8 Å². The zero-order chi connectivity index (χ0) is 12.7. The Morgan fingerprint density at radius 2 is 2.28 bits per heavy atom. The smallest absolute Gasteiger partial charge is 0.142 e. The fourth-order valence-corrected chi connectivity index (χ4v) is 3.81. The van der Waals surface area contributed by atoms with Gasteiger partial charge in [-0.05, 0) is 37.3 Å². The summed E-state index contributed by atoms with van der Waals surface area (Å²) < 4.78 is 0. The van der Waals surface area contributed by atoms with E-state index in [4.69, 9.17) is 4.84 Å². The molecule has 1 saturated carbocycles. The minimum absolute atomic E-state index is 0.198. The lowest BCUT2D eigenvalue weighted by atomic mass is 9.65. The van der Waals surface area contributed by atoms with Gasteiger partial charge >= 0.3 is 0 Å². The van der Waals surface area contributed by atoms with Crippen LogP contribution >= 0.6 is 0 Å². The molecule has 18 heavy (non-hydrogen) atoms. The fourth-order valence-electron chi connectivity index (χ4n) is 3.81. The van der Waals surface area contributed by atoms with Crippen molar-refractivity contribution >= 4 is 5.78 Å². The summed E-state index contributed by atoms with van der Waals surface area (Å²) in [6.07, 6.45) is 8.49. The van der Waals surface area contributed by atoms with E-state index in [2.05, 4.69) is 13.0 Å². The Balaban J connectivity index is 2.00. The lowest BCUT2D eigenvalue weighted by Crippen LogP contribution is -2.39. The molecule has 1 aliphatic heterocycles. The van der Waals surface area contributed by atoms with Crippen molar-refractivity contribution in [2.75, 3.05) is 13.7 Å². The number of hydrogen-bond donors (Lipinski definition) is 0. The Morgan fingerprint density at radius 1 is 1.44 bits per heavy atom. The van der Waals surface area contributed by atoms with E-state index < -0.39 is 0 Å². The van der Waals surface area contributed by atoms with Crippen LogP contribution in [0.4, 0.5) is 0 Å². The van der Waals surface area contributed by atoms with Crippen LogP contribution in [0.15, 0.2) is 23.4 Å². The number of hydrogen-bond acceptors (Lipinski definition) is 3. The largest absolute Gasteiger partial charge is 0.299 e. The average Bonchev–Trinajstić information content (AvgIpc) is 2.56. The molecule has 1 heterocycles. The molecule has 3 rings (SSSR count). The van der Waals surface area contributed by atoms with Gasteiger partial charge in [-0.15, -0.1) is 0 Å². The molecule has 0 spiro atoms. The van der Waals surface area contributed by atoms with Gasteiger partial charge in [0, 0.05) is 24.0 Å². The topological polar surface area (TPSA) is 29.5 Å². The highest BCUT2D eigenvalue weighted by Crippen LogP contribution is 2.45. The predicted molar refractivity (Wildman–Crippen MR) is 69.5 cm³/mol. The van der Waals surface area contributed by atoms with Gasteiger partial charge in [-0.25, -0.2) is 0 Å². The minimum Gasteiger partial charge on any atom is -0.299 e. The molecule has 0 saturated heterocycles. The van der Waals surface area contributed by atoms with Gasteiger partial charge in [0.2, 0.25) is 0 Å². The van der Waals surface area contributed by atoms with Gasteiger partial charge in [0.15, 0.2) is 0 Å². The zero-order valence-corrected chi connectivity index (χ0v) is 11.2. The molecule has 0 aromatic heterocycles. The molecule has 3 unspecified atom stereocenters. The summed E-state index contributed by atoms with van der Waals surface area (Å²) in [6.45, 7) is 2.98. The molecule has 0 bridgehead atoms. The van der Waals surface area contributed by atoms with Gasteiger partial charge in [-0.3, -0.25) is 14.7 Å². The fraction of sp³-hybridized carbons (Fsp3) is 0.667. The number of Topliss-reactive ketones (excluding diaryl/α,β-unsaturated/α-hetero) is 1. The highest BCUT2D eigenvalue weighted by atomic mass is 16.7. The summed E-state index contributed by atoms with van der Waals surface area (Å²) >= 11 is 0. The van der Waals surface area contributed by atoms with Crippen LogP contribution in [0.2, 0.25) is 0 Å². The second kappa shape index (κ2) is 4.54. The molecule has 1 fully saturated rings. The van der Waals surface area contributed by atoms with Crippen molar-refractivity contribution in [3.8, 4) is 0 Å². The van der Waals surface area contributed by atoms with Crippen molar-refractivity contribution in [2.45, 2.75) is 32.6 Å². The first-order chi connectivity index (χ1) is 8.70. The summed E-state index contributed by atoms with van der Waals surface area (Å²) in [7, 11) is 1.71. The Bertz CT molecular complexity index is 424. The van der Waals surface area contributed by atoms with Crippen molar-refractivity contribution in [2.24, 2.45) is 17.8 Å². The molecule has 3 aliphatic rings. The first-order valence-electron chi connectivity index (χ1n) is 6.96. The molecule has 3 nitrogen and oxygen atoms in total. The Labute approximate surface area is 108 Å². The van der Waals surface area contributed by atoms with Crippen LogP contribution in [0.3, 0.4) is 0 Å². The van der Waals surface area contributed by atoms with Crippen molar-refractivity contribution in [1.82, 2.24) is 5.06 Å². The Hall–Kier alpha value is -1.09. The van der Waals surface area contributed by atoms with Gasteiger partial charge in [0.05, 0.1) is 13.7 Å². The first kappa shape index (κ1) is 12.0. The summed E-state index contributed by atoms with van der Waals surface area (Å²) in [4.78, 5) is 17.7. The second-order valence-electron chi connectivity index (χ2n) is 5.76. The third kappa shape index (κ3) is 1.81. The quantitative estimate of drug-likeness (QED) is 0.713. The number of rotatable bonds is 1. The molecule has 0 aromatic rings. The summed E-state index contributed by atoms with van der Waals surface area (Å²) in [6, 6.07) is 0.